The van der Waals surface area contributed by atoms with Crippen LogP contribution < -0.4 is 5.32 Å². The number of unbranched alkanes of at least 4 members (excludes halogenated alkanes) is 1. The first-order valence-electron chi connectivity index (χ1n) is 9.58. The molecular formula is C19H38IN5O2. The van der Waals surface area contributed by atoms with Crippen molar-refractivity contribution in [1.82, 2.24) is 20.0 Å². The average molecular weight is 495 g/mol. The maximum atomic E-state index is 5.48. The van der Waals surface area contributed by atoms with Crippen LogP contribution in [0.5, 0.6) is 0 Å². The minimum atomic E-state index is 0. The highest BCUT2D eigenvalue weighted by Gasteiger charge is 2.14. The number of halogens is 1. The van der Waals surface area contributed by atoms with Gasteiger partial charge in [0.25, 0.3) is 0 Å². The Hall–Kier alpha value is -0.870. The summed E-state index contributed by atoms with van der Waals surface area (Å²) in [6, 6.07) is 0. The molecule has 0 spiro atoms. The lowest BCUT2D eigenvalue weighted by molar-refractivity contribution is 0.0690. The lowest BCUT2D eigenvalue weighted by atomic mass is 10.1. The van der Waals surface area contributed by atoms with E-state index in [1.165, 1.54) is 5.56 Å². The molecule has 0 amide bonds. The van der Waals surface area contributed by atoms with Crippen molar-refractivity contribution in [3.8, 4) is 0 Å². The lowest BCUT2D eigenvalue weighted by Gasteiger charge is -2.22. The van der Waals surface area contributed by atoms with Gasteiger partial charge in [0.05, 0.1) is 18.9 Å². The fraction of sp³-hybridized carbons (Fsp3) is 0.789. The summed E-state index contributed by atoms with van der Waals surface area (Å²) in [5.41, 5.74) is 2.41. The maximum Gasteiger partial charge on any atom is 0.193 e. The number of rotatable bonds is 12. The number of ether oxygens (including phenoxy) is 2. The van der Waals surface area contributed by atoms with Crippen LogP contribution in [0, 0.1) is 0 Å². The number of aliphatic imine (C=N–C) groups is 1. The van der Waals surface area contributed by atoms with Gasteiger partial charge in [0.15, 0.2) is 5.96 Å². The molecule has 1 aromatic heterocycles. The maximum absolute atomic E-state index is 5.48. The van der Waals surface area contributed by atoms with Gasteiger partial charge in [0.2, 0.25) is 0 Å². The van der Waals surface area contributed by atoms with Crippen LogP contribution in [0.4, 0.5) is 0 Å². The van der Waals surface area contributed by atoms with E-state index in [0.29, 0.717) is 19.1 Å². The smallest absolute Gasteiger partial charge is 0.193 e. The minimum absolute atomic E-state index is 0. The van der Waals surface area contributed by atoms with E-state index in [2.05, 4.69) is 49.3 Å². The van der Waals surface area contributed by atoms with Crippen molar-refractivity contribution >= 4 is 29.9 Å². The largest absolute Gasteiger partial charge is 0.382 e. The highest BCUT2D eigenvalue weighted by molar-refractivity contribution is 14.0. The second kappa shape index (κ2) is 15.1. The molecule has 1 aromatic rings. The van der Waals surface area contributed by atoms with Crippen LogP contribution in [-0.2, 0) is 23.1 Å². The number of nitrogens with one attached hydrogen (secondary N) is 1. The van der Waals surface area contributed by atoms with E-state index in [9.17, 15) is 0 Å². The molecule has 0 aromatic carbocycles. The number of hydrogen-bond acceptors (Lipinski definition) is 4. The van der Waals surface area contributed by atoms with Gasteiger partial charge in [0, 0.05) is 59.2 Å². The molecule has 1 N–H and O–H groups in total. The van der Waals surface area contributed by atoms with E-state index in [0.717, 1.165) is 50.7 Å². The highest BCUT2D eigenvalue weighted by Crippen LogP contribution is 2.18. The fourth-order valence-electron chi connectivity index (χ4n) is 2.71. The molecule has 0 aliphatic rings. The molecule has 158 valence electrons. The molecule has 0 atom stereocenters. The van der Waals surface area contributed by atoms with Crippen molar-refractivity contribution in [1.29, 1.82) is 0 Å². The first kappa shape index (κ1) is 26.1. The zero-order valence-electron chi connectivity index (χ0n) is 17.8. The van der Waals surface area contributed by atoms with Gasteiger partial charge < -0.3 is 19.7 Å². The molecule has 0 saturated heterocycles. The number of nitrogens with zero attached hydrogens (tertiary/aromatic N) is 4. The van der Waals surface area contributed by atoms with E-state index in [1.54, 1.807) is 7.11 Å². The van der Waals surface area contributed by atoms with Crippen molar-refractivity contribution in [3.05, 3.63) is 17.5 Å². The van der Waals surface area contributed by atoms with Crippen LogP contribution in [0.2, 0.25) is 0 Å². The summed E-state index contributed by atoms with van der Waals surface area (Å²) in [7, 11) is 5.74. The molecule has 0 fully saturated rings. The van der Waals surface area contributed by atoms with Gasteiger partial charge in [-0.05, 0) is 25.7 Å². The van der Waals surface area contributed by atoms with Crippen molar-refractivity contribution in [2.24, 2.45) is 12.0 Å². The Morgan fingerprint density at radius 3 is 2.67 bits per heavy atom. The molecule has 0 aliphatic heterocycles. The minimum Gasteiger partial charge on any atom is -0.382 e. The van der Waals surface area contributed by atoms with Gasteiger partial charge in [-0.3, -0.25) is 9.67 Å². The average Bonchev–Trinajstić information content (AvgIpc) is 2.96. The van der Waals surface area contributed by atoms with Crippen molar-refractivity contribution in [2.45, 2.75) is 46.1 Å². The van der Waals surface area contributed by atoms with E-state index >= 15 is 0 Å². The van der Waals surface area contributed by atoms with E-state index in [4.69, 9.17) is 14.5 Å². The monoisotopic (exact) mass is 495 g/mol. The Labute approximate surface area is 181 Å². The number of hydrogen-bond donors (Lipinski definition) is 1. The van der Waals surface area contributed by atoms with Gasteiger partial charge in [-0.1, -0.05) is 13.8 Å². The molecule has 1 heterocycles. The van der Waals surface area contributed by atoms with Gasteiger partial charge in [-0.15, -0.1) is 24.0 Å². The molecule has 0 bridgehead atoms. The van der Waals surface area contributed by atoms with Crippen molar-refractivity contribution in [2.75, 3.05) is 47.1 Å². The third kappa shape index (κ3) is 10.3. The molecule has 7 nitrogen and oxygen atoms in total. The van der Waals surface area contributed by atoms with Gasteiger partial charge in [-0.25, -0.2) is 0 Å². The third-order valence-corrected chi connectivity index (χ3v) is 3.98. The fourth-order valence-corrected chi connectivity index (χ4v) is 2.71. The number of aryl methyl sites for hydroxylation is 1. The summed E-state index contributed by atoms with van der Waals surface area (Å²) >= 11 is 0. The summed E-state index contributed by atoms with van der Waals surface area (Å²) in [6.45, 7) is 11.0. The van der Waals surface area contributed by atoms with Crippen LogP contribution in [-0.4, -0.2) is 67.7 Å². The van der Waals surface area contributed by atoms with Crippen LogP contribution in [0.25, 0.3) is 0 Å². The molecule has 8 heteroatoms. The SMILES string of the molecule is CCNC(=NCCCCOCCOC)N(C)Cc1cn(C)nc1C(C)C.I. The number of methoxy groups -OCH3 is 1. The normalized spacial score (nSPS) is 11.6. The van der Waals surface area contributed by atoms with Gasteiger partial charge in [-0.2, -0.15) is 5.10 Å². The molecular weight excluding hydrogens is 457 g/mol. The Morgan fingerprint density at radius 1 is 1.30 bits per heavy atom. The van der Waals surface area contributed by atoms with Crippen LogP contribution >= 0.6 is 24.0 Å². The Bertz CT molecular complexity index is 534. The quantitative estimate of drug-likeness (QED) is 0.209. The first-order chi connectivity index (χ1) is 12.5. The Balaban J connectivity index is 0.00000676. The summed E-state index contributed by atoms with van der Waals surface area (Å²) in [4.78, 5) is 6.92. The van der Waals surface area contributed by atoms with Gasteiger partial charge >= 0.3 is 0 Å². The first-order valence-corrected chi connectivity index (χ1v) is 9.58. The molecule has 0 radical (unpaired) electrons. The molecule has 1 rings (SSSR count). The highest BCUT2D eigenvalue weighted by atomic mass is 127. The zero-order chi connectivity index (χ0) is 19.4. The van der Waals surface area contributed by atoms with Crippen molar-refractivity contribution < 1.29 is 9.47 Å². The molecule has 27 heavy (non-hydrogen) atoms. The molecule has 0 unspecified atom stereocenters. The van der Waals surface area contributed by atoms with Crippen molar-refractivity contribution in [3.63, 3.8) is 0 Å². The summed E-state index contributed by atoms with van der Waals surface area (Å²) in [6.07, 6.45) is 4.13. The molecule has 0 saturated carbocycles. The van der Waals surface area contributed by atoms with E-state index in [-0.39, 0.29) is 24.0 Å². The van der Waals surface area contributed by atoms with Gasteiger partial charge in [0.1, 0.15) is 0 Å². The zero-order valence-corrected chi connectivity index (χ0v) is 20.2. The van der Waals surface area contributed by atoms with Crippen LogP contribution in [0.15, 0.2) is 11.2 Å². The van der Waals surface area contributed by atoms with E-state index in [1.807, 2.05) is 11.7 Å². The summed E-state index contributed by atoms with van der Waals surface area (Å²) in [5, 5.41) is 7.97. The second-order valence-electron chi connectivity index (χ2n) is 6.77. The van der Waals surface area contributed by atoms with E-state index < -0.39 is 0 Å². The van der Waals surface area contributed by atoms with Crippen LogP contribution in [0.1, 0.15) is 50.8 Å². The number of aromatic nitrogens is 2. The molecule has 0 aliphatic carbocycles. The second-order valence-corrected chi connectivity index (χ2v) is 6.77. The lowest BCUT2D eigenvalue weighted by Crippen LogP contribution is -2.38. The Kier molecular flexibility index (Phi) is 14.6. The summed E-state index contributed by atoms with van der Waals surface area (Å²) < 4.78 is 12.3. The number of guanidine groups is 1. The predicted octanol–water partition coefficient (Wildman–Crippen LogP) is 3.00. The predicted molar refractivity (Wildman–Crippen MR) is 122 cm³/mol. The topological polar surface area (TPSA) is 63.9 Å². The standard InChI is InChI=1S/C19H37N5O2.HI/c1-7-20-19(21-10-8-9-11-26-13-12-25-6)23(4)14-17-15-24(5)22-18(17)16(2)3;/h15-16H,7-14H2,1-6H3,(H,20,21);1H. The van der Waals surface area contributed by atoms with Crippen LogP contribution in [0.3, 0.4) is 0 Å². The third-order valence-electron chi connectivity index (χ3n) is 3.98. The Morgan fingerprint density at radius 2 is 2.04 bits per heavy atom. The summed E-state index contributed by atoms with van der Waals surface area (Å²) in [5.74, 6) is 1.35.